The molecule has 0 spiro atoms. The molecule has 0 fully saturated rings. The quantitative estimate of drug-likeness (QED) is 0.327. The van der Waals surface area contributed by atoms with E-state index in [4.69, 9.17) is 10.9 Å². The molecule has 5 heteroatoms. The van der Waals surface area contributed by atoms with E-state index in [0.29, 0.717) is 11.3 Å². The first-order valence-corrected chi connectivity index (χ1v) is 4.23. The van der Waals surface area contributed by atoms with Gasteiger partial charge in [0.25, 0.3) is 0 Å². The summed E-state index contributed by atoms with van der Waals surface area (Å²) in [4.78, 5) is 0. The lowest BCUT2D eigenvalue weighted by molar-refractivity contribution is -0.0149. The molecule has 2 atom stereocenters. The molecule has 0 amide bonds. The molecule has 6 N–H and O–H groups in total. The van der Waals surface area contributed by atoms with Crippen molar-refractivity contribution in [2.75, 3.05) is 12.0 Å². The second kappa shape index (κ2) is 4.92. The van der Waals surface area contributed by atoms with Gasteiger partial charge in [0, 0.05) is 5.56 Å². The zero-order chi connectivity index (χ0) is 10.6. The smallest absolute Gasteiger partial charge is 0.109 e. The number of hydrazine groups is 1. The summed E-state index contributed by atoms with van der Waals surface area (Å²) in [6, 6.07) is 6.75. The Kier molecular flexibility index (Phi) is 3.84. The third kappa shape index (κ3) is 2.21. The zero-order valence-electron chi connectivity index (χ0n) is 7.59. The maximum atomic E-state index is 9.60. The van der Waals surface area contributed by atoms with Crippen LogP contribution in [0.5, 0.6) is 0 Å². The van der Waals surface area contributed by atoms with Crippen LogP contribution in [0.1, 0.15) is 11.7 Å². The van der Waals surface area contributed by atoms with Crippen molar-refractivity contribution in [2.45, 2.75) is 12.2 Å². The number of nitrogens with one attached hydrogen (secondary N) is 1. The van der Waals surface area contributed by atoms with Gasteiger partial charge in [-0.3, -0.25) is 5.84 Å². The summed E-state index contributed by atoms with van der Waals surface area (Å²) in [5.41, 5.74) is 3.38. The Morgan fingerprint density at radius 2 is 1.93 bits per heavy atom. The molecule has 2 unspecified atom stereocenters. The molecule has 0 radical (unpaired) electrons. The number of aliphatic hydroxyl groups excluding tert-OH is 3. The molecular weight excluding hydrogens is 184 g/mol. The molecule has 1 aromatic rings. The molecule has 0 saturated carbocycles. The average Bonchev–Trinajstić information content (AvgIpc) is 2.26. The molecule has 0 aliphatic heterocycles. The van der Waals surface area contributed by atoms with Gasteiger partial charge in [0.1, 0.15) is 12.2 Å². The van der Waals surface area contributed by atoms with Crippen LogP contribution in [0.4, 0.5) is 5.69 Å². The lowest BCUT2D eigenvalue weighted by atomic mass is 10.0. The molecule has 5 nitrogen and oxygen atoms in total. The second-order valence-electron chi connectivity index (χ2n) is 2.93. The van der Waals surface area contributed by atoms with Crippen molar-refractivity contribution in [3.8, 4) is 0 Å². The van der Waals surface area contributed by atoms with Crippen LogP contribution in [0.2, 0.25) is 0 Å². The number of para-hydroxylation sites is 1. The second-order valence-corrected chi connectivity index (χ2v) is 2.93. The Labute approximate surface area is 81.8 Å². The van der Waals surface area contributed by atoms with Gasteiger partial charge in [-0.15, -0.1) is 0 Å². The summed E-state index contributed by atoms with van der Waals surface area (Å²) >= 11 is 0. The van der Waals surface area contributed by atoms with Crippen LogP contribution in [0.3, 0.4) is 0 Å². The Morgan fingerprint density at radius 3 is 2.50 bits per heavy atom. The number of benzene rings is 1. The summed E-state index contributed by atoms with van der Waals surface area (Å²) in [5, 5.41) is 27.5. The first kappa shape index (κ1) is 10.9. The molecule has 0 aromatic heterocycles. The highest BCUT2D eigenvalue weighted by molar-refractivity contribution is 5.51. The SMILES string of the molecule is NNc1ccccc1C(O)C(O)CO. The predicted molar refractivity (Wildman–Crippen MR) is 52.3 cm³/mol. The van der Waals surface area contributed by atoms with Crippen molar-refractivity contribution < 1.29 is 15.3 Å². The summed E-state index contributed by atoms with van der Waals surface area (Å²) < 4.78 is 0. The standard InChI is InChI=1S/C9H14N2O3/c10-11-7-4-2-1-3-6(7)9(14)8(13)5-12/h1-4,8-9,11-14H,5,10H2. The fraction of sp³-hybridized carbons (Fsp3) is 0.333. The van der Waals surface area contributed by atoms with E-state index in [1.165, 1.54) is 0 Å². The Balaban J connectivity index is 2.93. The minimum Gasteiger partial charge on any atom is -0.394 e. The van der Waals surface area contributed by atoms with Gasteiger partial charge in [-0.2, -0.15) is 0 Å². The summed E-state index contributed by atoms with van der Waals surface area (Å²) in [7, 11) is 0. The summed E-state index contributed by atoms with van der Waals surface area (Å²) in [6.45, 7) is -0.500. The zero-order valence-corrected chi connectivity index (χ0v) is 7.59. The van der Waals surface area contributed by atoms with Crippen molar-refractivity contribution in [1.29, 1.82) is 0 Å². The van der Waals surface area contributed by atoms with Gasteiger partial charge < -0.3 is 20.7 Å². The Bertz CT molecular complexity index is 293. The molecule has 0 saturated heterocycles. The van der Waals surface area contributed by atoms with Crippen molar-refractivity contribution in [3.63, 3.8) is 0 Å². The van der Waals surface area contributed by atoms with Gasteiger partial charge in [0.15, 0.2) is 0 Å². The van der Waals surface area contributed by atoms with E-state index in [-0.39, 0.29) is 0 Å². The molecule has 14 heavy (non-hydrogen) atoms. The topological polar surface area (TPSA) is 98.7 Å². The maximum absolute atomic E-state index is 9.60. The molecular formula is C9H14N2O3. The van der Waals surface area contributed by atoms with Crippen molar-refractivity contribution in [2.24, 2.45) is 5.84 Å². The van der Waals surface area contributed by atoms with E-state index in [1.807, 2.05) is 0 Å². The predicted octanol–water partition coefficient (Wildman–Crippen LogP) is -0.641. The van der Waals surface area contributed by atoms with Crippen molar-refractivity contribution in [1.82, 2.24) is 0 Å². The number of nitrogens with two attached hydrogens (primary N) is 1. The number of nitrogen functional groups attached to an aromatic ring is 1. The van der Waals surface area contributed by atoms with Gasteiger partial charge in [0.2, 0.25) is 0 Å². The van der Waals surface area contributed by atoms with Crippen LogP contribution in [-0.2, 0) is 0 Å². The largest absolute Gasteiger partial charge is 0.394 e. The Hall–Kier alpha value is -1.14. The molecule has 0 bridgehead atoms. The molecule has 0 heterocycles. The van der Waals surface area contributed by atoms with Crippen LogP contribution >= 0.6 is 0 Å². The summed E-state index contributed by atoms with van der Waals surface area (Å²) in [5.74, 6) is 5.22. The third-order valence-electron chi connectivity index (χ3n) is 1.99. The highest BCUT2D eigenvalue weighted by Crippen LogP contribution is 2.24. The fourth-order valence-corrected chi connectivity index (χ4v) is 1.19. The van der Waals surface area contributed by atoms with Crippen molar-refractivity contribution in [3.05, 3.63) is 29.8 Å². The molecule has 78 valence electrons. The first-order valence-electron chi connectivity index (χ1n) is 4.23. The summed E-state index contributed by atoms with van der Waals surface area (Å²) in [6.07, 6.45) is -2.35. The van der Waals surface area contributed by atoms with Crippen LogP contribution in [-0.4, -0.2) is 28.0 Å². The molecule has 0 aliphatic carbocycles. The fourth-order valence-electron chi connectivity index (χ4n) is 1.19. The number of rotatable bonds is 4. The number of anilines is 1. The van der Waals surface area contributed by atoms with E-state index in [2.05, 4.69) is 5.43 Å². The highest BCUT2D eigenvalue weighted by Gasteiger charge is 2.19. The van der Waals surface area contributed by atoms with Crippen molar-refractivity contribution >= 4 is 5.69 Å². The van der Waals surface area contributed by atoms with Gasteiger partial charge in [-0.1, -0.05) is 18.2 Å². The first-order chi connectivity index (χ1) is 6.70. The van der Waals surface area contributed by atoms with Crippen LogP contribution in [0.15, 0.2) is 24.3 Å². The Morgan fingerprint density at radius 1 is 1.29 bits per heavy atom. The number of hydrogen-bond acceptors (Lipinski definition) is 5. The number of hydrogen-bond donors (Lipinski definition) is 5. The van der Waals surface area contributed by atoms with E-state index in [9.17, 15) is 10.2 Å². The lowest BCUT2D eigenvalue weighted by Crippen LogP contribution is -2.23. The van der Waals surface area contributed by atoms with Gasteiger partial charge in [0.05, 0.1) is 12.3 Å². The van der Waals surface area contributed by atoms with E-state index in [0.717, 1.165) is 0 Å². The molecule has 1 aromatic carbocycles. The van der Waals surface area contributed by atoms with Crippen LogP contribution in [0.25, 0.3) is 0 Å². The van der Waals surface area contributed by atoms with E-state index < -0.39 is 18.8 Å². The highest BCUT2D eigenvalue weighted by atomic mass is 16.4. The van der Waals surface area contributed by atoms with E-state index in [1.54, 1.807) is 24.3 Å². The molecule has 0 aliphatic rings. The average molecular weight is 198 g/mol. The van der Waals surface area contributed by atoms with Gasteiger partial charge in [-0.05, 0) is 6.07 Å². The molecule has 1 rings (SSSR count). The normalized spacial score (nSPS) is 14.9. The monoisotopic (exact) mass is 198 g/mol. The van der Waals surface area contributed by atoms with Gasteiger partial charge >= 0.3 is 0 Å². The minimum atomic E-state index is -1.20. The third-order valence-corrected chi connectivity index (χ3v) is 1.99. The van der Waals surface area contributed by atoms with Crippen LogP contribution in [0, 0.1) is 0 Å². The lowest BCUT2D eigenvalue weighted by Gasteiger charge is -2.18. The van der Waals surface area contributed by atoms with E-state index >= 15 is 0 Å². The van der Waals surface area contributed by atoms with Crippen LogP contribution < -0.4 is 11.3 Å². The maximum Gasteiger partial charge on any atom is 0.109 e. The number of aliphatic hydroxyl groups is 3. The minimum absolute atomic E-state index is 0.455. The van der Waals surface area contributed by atoms with Gasteiger partial charge in [-0.25, -0.2) is 0 Å².